The molecule has 0 saturated carbocycles. The molecular formula is C14H18N2O. The minimum absolute atomic E-state index is 0.0202. The van der Waals surface area contributed by atoms with E-state index in [0.29, 0.717) is 6.54 Å². The number of hydrogen-bond donors (Lipinski definition) is 1. The van der Waals surface area contributed by atoms with E-state index in [2.05, 4.69) is 5.32 Å². The van der Waals surface area contributed by atoms with Gasteiger partial charge in [-0.2, -0.15) is 5.26 Å². The molecule has 1 N–H and O–H groups in total. The summed E-state index contributed by atoms with van der Waals surface area (Å²) in [5, 5.41) is 11.9. The average Bonchev–Trinajstić information content (AvgIpc) is 2.28. The third kappa shape index (κ3) is 4.28. The second-order valence-corrected chi connectivity index (χ2v) is 5.25. The third-order valence-corrected chi connectivity index (χ3v) is 2.32. The smallest absolute Gasteiger partial charge is 0.241 e. The van der Waals surface area contributed by atoms with Crippen molar-refractivity contribution in [3.8, 4) is 6.07 Å². The molecule has 0 bridgehead atoms. The van der Waals surface area contributed by atoms with E-state index in [1.54, 1.807) is 12.1 Å². The number of amides is 1. The number of rotatable bonds is 3. The molecule has 1 amide bonds. The van der Waals surface area contributed by atoms with Crippen LogP contribution in [0, 0.1) is 16.7 Å². The Kier molecular flexibility index (Phi) is 4.28. The second-order valence-electron chi connectivity index (χ2n) is 5.25. The van der Waals surface area contributed by atoms with Crippen molar-refractivity contribution >= 4 is 5.91 Å². The zero-order valence-corrected chi connectivity index (χ0v) is 10.5. The summed E-state index contributed by atoms with van der Waals surface area (Å²) in [6.45, 7) is 6.68. The normalized spacial score (nSPS) is 12.6. The van der Waals surface area contributed by atoms with Crippen LogP contribution in [0.2, 0.25) is 0 Å². The summed E-state index contributed by atoms with van der Waals surface area (Å²) in [5.41, 5.74) is 0.758. The van der Waals surface area contributed by atoms with Crippen LogP contribution < -0.4 is 5.32 Å². The van der Waals surface area contributed by atoms with Gasteiger partial charge >= 0.3 is 0 Å². The molecule has 0 radical (unpaired) electrons. The summed E-state index contributed by atoms with van der Waals surface area (Å²) in [7, 11) is 0. The Morgan fingerprint density at radius 2 is 1.94 bits per heavy atom. The fourth-order valence-electron chi connectivity index (χ4n) is 1.38. The first-order valence-electron chi connectivity index (χ1n) is 5.66. The highest BCUT2D eigenvalue weighted by Crippen LogP contribution is 2.16. The van der Waals surface area contributed by atoms with Crippen LogP contribution in [-0.4, -0.2) is 12.5 Å². The highest BCUT2D eigenvalue weighted by molar-refractivity contribution is 5.86. The van der Waals surface area contributed by atoms with Gasteiger partial charge in [0.2, 0.25) is 5.91 Å². The van der Waals surface area contributed by atoms with Crippen LogP contribution in [0.5, 0.6) is 0 Å². The van der Waals surface area contributed by atoms with Crippen LogP contribution in [-0.2, 0) is 4.79 Å². The lowest BCUT2D eigenvalue weighted by molar-refractivity contribution is -0.121. The summed E-state index contributed by atoms with van der Waals surface area (Å²) in [6.07, 6.45) is 0. The molecule has 0 saturated heterocycles. The Balaban J connectivity index is 2.70. The highest BCUT2D eigenvalue weighted by Gasteiger charge is 2.21. The molecule has 0 aliphatic carbocycles. The molecule has 0 aliphatic rings. The van der Waals surface area contributed by atoms with Crippen molar-refractivity contribution in [2.75, 3.05) is 6.54 Å². The van der Waals surface area contributed by atoms with Crippen LogP contribution in [0.4, 0.5) is 0 Å². The predicted molar refractivity (Wildman–Crippen MR) is 67.3 cm³/mol. The van der Waals surface area contributed by atoms with E-state index in [1.807, 2.05) is 45.0 Å². The molecule has 1 unspecified atom stereocenters. The predicted octanol–water partition coefficient (Wildman–Crippen LogP) is 2.46. The Morgan fingerprint density at radius 1 is 1.35 bits per heavy atom. The van der Waals surface area contributed by atoms with Gasteiger partial charge in [0, 0.05) is 6.54 Å². The number of carbonyl (C=O) groups is 1. The fraction of sp³-hybridized carbons (Fsp3) is 0.429. The first-order valence-corrected chi connectivity index (χ1v) is 5.66. The molecule has 3 heteroatoms. The second kappa shape index (κ2) is 5.49. The fourth-order valence-corrected chi connectivity index (χ4v) is 1.38. The summed E-state index contributed by atoms with van der Waals surface area (Å²) < 4.78 is 0. The lowest BCUT2D eigenvalue weighted by Crippen LogP contribution is -2.35. The maximum absolute atomic E-state index is 11.9. The number of nitrogens with zero attached hydrogens (tertiary/aromatic N) is 1. The topological polar surface area (TPSA) is 52.9 Å². The molecule has 1 aromatic rings. The molecule has 0 spiro atoms. The number of nitrogens with one attached hydrogen (secondary N) is 1. The molecule has 0 heterocycles. The molecular weight excluding hydrogens is 212 g/mol. The highest BCUT2D eigenvalue weighted by atomic mass is 16.1. The minimum atomic E-state index is -0.724. The van der Waals surface area contributed by atoms with Crippen molar-refractivity contribution in [1.82, 2.24) is 5.32 Å². The Bertz CT molecular complexity index is 412. The van der Waals surface area contributed by atoms with E-state index in [0.717, 1.165) is 5.56 Å². The Morgan fingerprint density at radius 3 is 2.41 bits per heavy atom. The van der Waals surface area contributed by atoms with Crippen molar-refractivity contribution in [2.45, 2.75) is 26.7 Å². The average molecular weight is 230 g/mol. The molecule has 0 aliphatic heterocycles. The van der Waals surface area contributed by atoms with Gasteiger partial charge in [-0.15, -0.1) is 0 Å². The Hall–Kier alpha value is -1.82. The van der Waals surface area contributed by atoms with Crippen LogP contribution in [0.3, 0.4) is 0 Å². The van der Waals surface area contributed by atoms with Gasteiger partial charge < -0.3 is 5.32 Å². The van der Waals surface area contributed by atoms with Crippen molar-refractivity contribution in [3.63, 3.8) is 0 Å². The van der Waals surface area contributed by atoms with E-state index < -0.39 is 5.92 Å². The molecule has 0 aromatic heterocycles. The largest absolute Gasteiger partial charge is 0.354 e. The number of carbonyl (C=O) groups excluding carboxylic acids is 1. The van der Waals surface area contributed by atoms with Crippen molar-refractivity contribution in [1.29, 1.82) is 5.26 Å². The maximum Gasteiger partial charge on any atom is 0.241 e. The summed E-state index contributed by atoms with van der Waals surface area (Å²) in [6, 6.07) is 11.2. The molecule has 0 fully saturated rings. The van der Waals surface area contributed by atoms with Crippen LogP contribution >= 0.6 is 0 Å². The van der Waals surface area contributed by atoms with E-state index in [9.17, 15) is 4.79 Å². The van der Waals surface area contributed by atoms with E-state index in [-0.39, 0.29) is 11.3 Å². The molecule has 17 heavy (non-hydrogen) atoms. The van der Waals surface area contributed by atoms with Crippen LogP contribution in [0.15, 0.2) is 30.3 Å². The summed E-state index contributed by atoms with van der Waals surface area (Å²) in [5.74, 6) is -0.952. The van der Waals surface area contributed by atoms with Crippen molar-refractivity contribution in [3.05, 3.63) is 35.9 Å². The number of benzene rings is 1. The van der Waals surface area contributed by atoms with Gasteiger partial charge in [0.15, 0.2) is 0 Å². The van der Waals surface area contributed by atoms with Gasteiger partial charge in [-0.1, -0.05) is 51.1 Å². The van der Waals surface area contributed by atoms with Crippen LogP contribution in [0.1, 0.15) is 32.3 Å². The molecule has 1 rings (SSSR count). The molecule has 90 valence electrons. The lowest BCUT2D eigenvalue weighted by atomic mass is 9.95. The first kappa shape index (κ1) is 13.2. The van der Waals surface area contributed by atoms with E-state index in [4.69, 9.17) is 5.26 Å². The minimum Gasteiger partial charge on any atom is -0.354 e. The van der Waals surface area contributed by atoms with Crippen LogP contribution in [0.25, 0.3) is 0 Å². The van der Waals surface area contributed by atoms with E-state index >= 15 is 0 Å². The van der Waals surface area contributed by atoms with Gasteiger partial charge in [-0.05, 0) is 11.0 Å². The number of nitriles is 1. The molecule has 1 atom stereocenters. The van der Waals surface area contributed by atoms with Gasteiger partial charge in [-0.25, -0.2) is 0 Å². The van der Waals surface area contributed by atoms with Gasteiger partial charge in [0.25, 0.3) is 0 Å². The van der Waals surface area contributed by atoms with Gasteiger partial charge in [-0.3, -0.25) is 4.79 Å². The summed E-state index contributed by atoms with van der Waals surface area (Å²) >= 11 is 0. The van der Waals surface area contributed by atoms with Crippen molar-refractivity contribution in [2.24, 2.45) is 5.41 Å². The Labute approximate surface area is 102 Å². The van der Waals surface area contributed by atoms with Gasteiger partial charge in [0.05, 0.1) is 6.07 Å². The standard InChI is InChI=1S/C14H18N2O/c1-14(2,3)10-16-13(17)12(9-15)11-7-5-4-6-8-11/h4-8,12H,10H2,1-3H3,(H,16,17). The summed E-state index contributed by atoms with van der Waals surface area (Å²) in [4.78, 5) is 11.9. The zero-order valence-electron chi connectivity index (χ0n) is 10.5. The lowest BCUT2D eigenvalue weighted by Gasteiger charge is -2.20. The maximum atomic E-state index is 11.9. The van der Waals surface area contributed by atoms with Crippen molar-refractivity contribution < 1.29 is 4.79 Å². The number of hydrogen-bond acceptors (Lipinski definition) is 2. The molecule has 1 aromatic carbocycles. The monoisotopic (exact) mass is 230 g/mol. The zero-order chi connectivity index (χ0) is 12.9. The molecule has 3 nitrogen and oxygen atoms in total. The van der Waals surface area contributed by atoms with E-state index in [1.165, 1.54) is 0 Å². The third-order valence-electron chi connectivity index (χ3n) is 2.32. The SMILES string of the molecule is CC(C)(C)CNC(=O)C(C#N)c1ccccc1. The first-order chi connectivity index (χ1) is 7.94. The van der Waals surface area contributed by atoms with Gasteiger partial charge in [0.1, 0.15) is 5.92 Å². The quantitative estimate of drug-likeness (QED) is 0.867.